The minimum absolute atomic E-state index is 0.0511. The van der Waals surface area contributed by atoms with Crippen LogP contribution in [-0.4, -0.2) is 44.5 Å². The highest BCUT2D eigenvalue weighted by molar-refractivity contribution is 6.30. The Morgan fingerprint density at radius 1 is 1.16 bits per heavy atom. The van der Waals surface area contributed by atoms with E-state index in [2.05, 4.69) is 0 Å². The van der Waals surface area contributed by atoms with Gasteiger partial charge in [0.2, 0.25) is 0 Å². The molecule has 7 heteroatoms. The molecule has 2 aromatic carbocycles. The van der Waals surface area contributed by atoms with E-state index in [0.717, 1.165) is 11.1 Å². The molecular weight excluding hydrogens is 418 g/mol. The van der Waals surface area contributed by atoms with E-state index in [1.165, 1.54) is 0 Å². The van der Waals surface area contributed by atoms with Crippen molar-refractivity contribution < 1.29 is 24.1 Å². The van der Waals surface area contributed by atoms with Gasteiger partial charge in [0.1, 0.15) is 12.2 Å². The summed E-state index contributed by atoms with van der Waals surface area (Å²) in [5.41, 5.74) is 1.73. The molecule has 3 rings (SSSR count). The van der Waals surface area contributed by atoms with Crippen LogP contribution in [0.2, 0.25) is 5.02 Å². The number of fused-ring (bicyclic) bond motifs is 1. The van der Waals surface area contributed by atoms with Crippen molar-refractivity contribution in [3.05, 3.63) is 52.5 Å². The van der Waals surface area contributed by atoms with Crippen LogP contribution in [0.15, 0.2) is 36.4 Å². The van der Waals surface area contributed by atoms with Crippen molar-refractivity contribution in [2.75, 3.05) is 32.3 Å². The standard InChI is InChI=1S/C24H30ClNO5/c1-6-19-23(28)26(13-24(2,3)14-27)18-11-10-15(25)12-17(18)21(31-19)16-8-7-9-20(29-4)22(16)30-5/h7-12,19,21,27H,6,13-14H2,1-5H3/t19-,21-/m1/s1. The predicted octanol–water partition coefficient (Wildman–Crippen LogP) is 4.61. The summed E-state index contributed by atoms with van der Waals surface area (Å²) in [4.78, 5) is 15.2. The molecule has 1 aliphatic rings. The smallest absolute Gasteiger partial charge is 0.256 e. The fourth-order valence-electron chi connectivity index (χ4n) is 3.84. The lowest BCUT2D eigenvalue weighted by atomic mass is 9.92. The number of amides is 1. The molecule has 2 aromatic rings. The van der Waals surface area contributed by atoms with Gasteiger partial charge < -0.3 is 24.2 Å². The molecule has 0 aliphatic carbocycles. The summed E-state index contributed by atoms with van der Waals surface area (Å²) in [5, 5.41) is 10.4. The summed E-state index contributed by atoms with van der Waals surface area (Å²) in [6.07, 6.45) is -0.754. The minimum Gasteiger partial charge on any atom is -0.493 e. The molecule has 1 heterocycles. The van der Waals surface area contributed by atoms with Gasteiger partial charge in [0, 0.05) is 40.4 Å². The molecule has 0 aromatic heterocycles. The average Bonchev–Trinajstić information content (AvgIpc) is 2.87. The Kier molecular flexibility index (Phi) is 7.14. The monoisotopic (exact) mass is 447 g/mol. The first kappa shape index (κ1) is 23.4. The molecule has 31 heavy (non-hydrogen) atoms. The maximum absolute atomic E-state index is 13.5. The number of hydrogen-bond donors (Lipinski definition) is 1. The highest BCUT2D eigenvalue weighted by atomic mass is 35.5. The molecule has 0 spiro atoms. The van der Waals surface area contributed by atoms with Crippen LogP contribution in [0.25, 0.3) is 0 Å². The number of carbonyl (C=O) groups is 1. The molecule has 1 amide bonds. The van der Waals surface area contributed by atoms with Crippen molar-refractivity contribution in [1.29, 1.82) is 0 Å². The molecule has 0 radical (unpaired) electrons. The Balaban J connectivity index is 2.24. The minimum atomic E-state index is -0.665. The highest BCUT2D eigenvalue weighted by Gasteiger charge is 2.39. The average molecular weight is 448 g/mol. The first-order chi connectivity index (χ1) is 14.8. The van der Waals surface area contributed by atoms with E-state index in [-0.39, 0.29) is 12.5 Å². The fourth-order valence-corrected chi connectivity index (χ4v) is 4.02. The van der Waals surface area contributed by atoms with Gasteiger partial charge in [0.25, 0.3) is 5.91 Å². The maximum atomic E-state index is 13.5. The van der Waals surface area contributed by atoms with Crippen LogP contribution in [-0.2, 0) is 9.53 Å². The van der Waals surface area contributed by atoms with Crippen molar-refractivity contribution in [3.8, 4) is 11.5 Å². The number of ether oxygens (including phenoxy) is 3. The highest BCUT2D eigenvalue weighted by Crippen LogP contribution is 2.45. The molecule has 1 N–H and O–H groups in total. The molecule has 168 valence electrons. The largest absolute Gasteiger partial charge is 0.493 e. The van der Waals surface area contributed by atoms with Crippen LogP contribution in [0.1, 0.15) is 44.4 Å². The quantitative estimate of drug-likeness (QED) is 0.671. The number of anilines is 1. The summed E-state index contributed by atoms with van der Waals surface area (Å²) in [6, 6.07) is 11.0. The number of aliphatic hydroxyl groups is 1. The van der Waals surface area contributed by atoms with Crippen LogP contribution >= 0.6 is 11.6 Å². The number of aliphatic hydroxyl groups excluding tert-OH is 1. The van der Waals surface area contributed by atoms with E-state index in [4.69, 9.17) is 25.8 Å². The third-order valence-electron chi connectivity index (χ3n) is 5.51. The Bertz CT molecular complexity index is 946. The Labute approximate surface area is 188 Å². The van der Waals surface area contributed by atoms with E-state index in [1.807, 2.05) is 51.1 Å². The summed E-state index contributed by atoms with van der Waals surface area (Å²) >= 11 is 6.37. The normalized spacial score (nSPS) is 19.1. The van der Waals surface area contributed by atoms with Crippen LogP contribution in [0.3, 0.4) is 0 Å². The first-order valence-corrected chi connectivity index (χ1v) is 10.7. The van der Waals surface area contributed by atoms with Crippen molar-refractivity contribution in [2.45, 2.75) is 39.4 Å². The molecule has 0 bridgehead atoms. The number of hydrogen-bond acceptors (Lipinski definition) is 5. The summed E-state index contributed by atoms with van der Waals surface area (Å²) in [5.74, 6) is 0.985. The lowest BCUT2D eigenvalue weighted by Crippen LogP contribution is -2.45. The van der Waals surface area contributed by atoms with E-state index < -0.39 is 17.6 Å². The molecule has 0 saturated carbocycles. The van der Waals surface area contributed by atoms with Crippen LogP contribution in [0.5, 0.6) is 11.5 Å². The van der Waals surface area contributed by atoms with Gasteiger partial charge in [-0.3, -0.25) is 4.79 Å². The topological polar surface area (TPSA) is 68.2 Å². The number of halogens is 1. The Morgan fingerprint density at radius 3 is 2.52 bits per heavy atom. The molecule has 0 unspecified atom stereocenters. The Morgan fingerprint density at radius 2 is 1.90 bits per heavy atom. The first-order valence-electron chi connectivity index (χ1n) is 10.3. The summed E-state index contributed by atoms with van der Waals surface area (Å²) in [6.45, 7) is 6.06. The van der Waals surface area contributed by atoms with Gasteiger partial charge in [-0.15, -0.1) is 0 Å². The predicted molar refractivity (Wildman–Crippen MR) is 121 cm³/mol. The van der Waals surface area contributed by atoms with Crippen LogP contribution in [0, 0.1) is 5.41 Å². The van der Waals surface area contributed by atoms with Gasteiger partial charge in [0.15, 0.2) is 11.5 Å². The fraction of sp³-hybridized carbons (Fsp3) is 0.458. The zero-order valence-corrected chi connectivity index (χ0v) is 19.4. The van der Waals surface area contributed by atoms with Gasteiger partial charge >= 0.3 is 0 Å². The second-order valence-corrected chi connectivity index (χ2v) is 8.88. The molecule has 6 nitrogen and oxygen atoms in total. The molecule has 0 saturated heterocycles. The van der Waals surface area contributed by atoms with Gasteiger partial charge in [-0.1, -0.05) is 44.5 Å². The summed E-state index contributed by atoms with van der Waals surface area (Å²) in [7, 11) is 3.16. The molecule has 0 fully saturated rings. The lowest BCUT2D eigenvalue weighted by molar-refractivity contribution is -0.132. The number of para-hydroxylation sites is 1. The lowest BCUT2D eigenvalue weighted by Gasteiger charge is -2.32. The number of nitrogens with zero attached hydrogens (tertiary/aromatic N) is 1. The molecule has 1 aliphatic heterocycles. The number of methoxy groups -OCH3 is 2. The zero-order valence-electron chi connectivity index (χ0n) is 18.6. The second kappa shape index (κ2) is 9.47. The van der Waals surface area contributed by atoms with Gasteiger partial charge in [0.05, 0.1) is 14.2 Å². The van der Waals surface area contributed by atoms with Gasteiger partial charge in [-0.25, -0.2) is 0 Å². The third-order valence-corrected chi connectivity index (χ3v) is 5.74. The zero-order chi connectivity index (χ0) is 22.8. The Hall–Kier alpha value is -2.28. The van der Waals surface area contributed by atoms with Crippen molar-refractivity contribution in [3.63, 3.8) is 0 Å². The third kappa shape index (κ3) is 4.66. The van der Waals surface area contributed by atoms with E-state index in [1.54, 1.807) is 25.2 Å². The number of benzene rings is 2. The van der Waals surface area contributed by atoms with Crippen LogP contribution in [0.4, 0.5) is 5.69 Å². The summed E-state index contributed by atoms with van der Waals surface area (Å²) < 4.78 is 17.5. The van der Waals surface area contributed by atoms with Crippen molar-refractivity contribution in [1.82, 2.24) is 0 Å². The van der Waals surface area contributed by atoms with Gasteiger partial charge in [-0.2, -0.15) is 0 Å². The number of carbonyl (C=O) groups excluding carboxylic acids is 1. The van der Waals surface area contributed by atoms with E-state index in [9.17, 15) is 9.90 Å². The van der Waals surface area contributed by atoms with E-state index >= 15 is 0 Å². The van der Waals surface area contributed by atoms with E-state index in [0.29, 0.717) is 35.2 Å². The maximum Gasteiger partial charge on any atom is 0.256 e. The van der Waals surface area contributed by atoms with Gasteiger partial charge in [-0.05, 0) is 30.7 Å². The van der Waals surface area contributed by atoms with Crippen molar-refractivity contribution >= 4 is 23.2 Å². The SMILES string of the molecule is CC[C@H]1O[C@H](c2cccc(OC)c2OC)c2cc(Cl)ccc2N(CC(C)(C)CO)C1=O. The molecule has 2 atom stereocenters. The second-order valence-electron chi connectivity index (χ2n) is 8.45. The van der Waals surface area contributed by atoms with Crippen molar-refractivity contribution in [2.24, 2.45) is 5.41 Å². The molecular formula is C24H30ClNO5. The number of rotatable bonds is 7. The van der Waals surface area contributed by atoms with Crippen LogP contribution < -0.4 is 14.4 Å².